The van der Waals surface area contributed by atoms with Crippen LogP contribution in [0.4, 0.5) is 8.78 Å². The summed E-state index contributed by atoms with van der Waals surface area (Å²) in [6.07, 6.45) is 2.96. The van der Waals surface area contributed by atoms with Crippen LogP contribution in [0.1, 0.15) is 29.6 Å². The molecule has 1 aromatic rings. The molecule has 2 atom stereocenters. The number of nitrogens with one attached hydrogen (secondary N) is 1. The topological polar surface area (TPSA) is 58.6 Å². The fourth-order valence-corrected chi connectivity index (χ4v) is 2.79. The number of halogens is 2. The molecule has 1 fully saturated rings. The largest absolute Gasteiger partial charge is 0.434 e. The highest BCUT2D eigenvalue weighted by molar-refractivity contribution is 5.96. The predicted molar refractivity (Wildman–Crippen MR) is 73.3 cm³/mol. The molecule has 1 amide bonds. The van der Waals surface area contributed by atoms with Gasteiger partial charge in [0.25, 0.3) is 5.91 Å². The highest BCUT2D eigenvalue weighted by Gasteiger charge is 2.27. The van der Waals surface area contributed by atoms with E-state index in [1.54, 1.807) is 6.07 Å². The van der Waals surface area contributed by atoms with E-state index in [1.165, 1.54) is 18.2 Å². The third kappa shape index (κ3) is 4.14. The second kappa shape index (κ2) is 7.36. The summed E-state index contributed by atoms with van der Waals surface area (Å²) in [4.78, 5) is 12.1. The van der Waals surface area contributed by atoms with Crippen molar-refractivity contribution in [1.82, 2.24) is 5.32 Å². The van der Waals surface area contributed by atoms with Crippen molar-refractivity contribution in [2.24, 2.45) is 11.8 Å². The van der Waals surface area contributed by atoms with Gasteiger partial charge < -0.3 is 15.2 Å². The first-order valence-electron chi connectivity index (χ1n) is 7.04. The second-order valence-corrected chi connectivity index (χ2v) is 5.22. The molecule has 0 spiro atoms. The molecule has 0 bridgehead atoms. The third-order valence-corrected chi connectivity index (χ3v) is 3.92. The molecule has 1 aliphatic carbocycles. The van der Waals surface area contributed by atoms with Crippen LogP contribution in [0.2, 0.25) is 0 Å². The first kappa shape index (κ1) is 15.7. The van der Waals surface area contributed by atoms with Crippen molar-refractivity contribution >= 4 is 5.91 Å². The summed E-state index contributed by atoms with van der Waals surface area (Å²) in [6, 6.07) is 5.92. The molecule has 1 aromatic carbocycles. The normalized spacial score (nSPS) is 21.5. The maximum atomic E-state index is 12.3. The molecular weight excluding hydrogens is 280 g/mol. The Hall–Kier alpha value is -1.69. The van der Waals surface area contributed by atoms with Crippen molar-refractivity contribution in [2.75, 3.05) is 13.2 Å². The molecule has 2 N–H and O–H groups in total. The Morgan fingerprint density at radius 1 is 1.33 bits per heavy atom. The minimum absolute atomic E-state index is 0.0938. The molecule has 2 unspecified atom stereocenters. The number of aliphatic hydroxyl groups excluding tert-OH is 1. The number of hydrogen-bond donors (Lipinski definition) is 2. The van der Waals surface area contributed by atoms with Crippen molar-refractivity contribution in [3.8, 4) is 5.75 Å². The Labute approximate surface area is 122 Å². The van der Waals surface area contributed by atoms with E-state index < -0.39 is 12.5 Å². The van der Waals surface area contributed by atoms with Crippen LogP contribution in [0, 0.1) is 11.8 Å². The lowest BCUT2D eigenvalue weighted by atomic mass is 9.97. The highest BCUT2D eigenvalue weighted by Crippen LogP contribution is 2.30. The molecule has 1 aliphatic rings. The van der Waals surface area contributed by atoms with Gasteiger partial charge >= 0.3 is 6.61 Å². The first-order valence-corrected chi connectivity index (χ1v) is 7.04. The molecule has 0 heterocycles. The summed E-state index contributed by atoms with van der Waals surface area (Å²) in [5, 5.41) is 12.0. The molecule has 6 heteroatoms. The number of rotatable bonds is 6. The number of carbonyl (C=O) groups is 1. The Morgan fingerprint density at radius 2 is 2.05 bits per heavy atom. The summed E-state index contributed by atoms with van der Waals surface area (Å²) in [7, 11) is 0. The van der Waals surface area contributed by atoms with Gasteiger partial charge in [0.2, 0.25) is 0 Å². The van der Waals surface area contributed by atoms with Gasteiger partial charge in [-0.1, -0.05) is 18.6 Å². The number of alkyl halides is 2. The van der Waals surface area contributed by atoms with E-state index in [1.807, 2.05) is 0 Å². The van der Waals surface area contributed by atoms with Crippen molar-refractivity contribution in [3.63, 3.8) is 0 Å². The average Bonchev–Trinajstić information content (AvgIpc) is 2.92. The molecule has 0 aromatic heterocycles. The summed E-state index contributed by atoms with van der Waals surface area (Å²) >= 11 is 0. The smallest absolute Gasteiger partial charge is 0.387 e. The van der Waals surface area contributed by atoms with E-state index in [0.717, 1.165) is 19.3 Å². The molecule has 2 rings (SSSR count). The fourth-order valence-electron chi connectivity index (χ4n) is 2.79. The number of carbonyl (C=O) groups excluding carboxylic acids is 1. The molecule has 1 saturated carbocycles. The van der Waals surface area contributed by atoms with Crippen LogP contribution in [0.25, 0.3) is 0 Å². The van der Waals surface area contributed by atoms with Crippen molar-refractivity contribution < 1.29 is 23.4 Å². The van der Waals surface area contributed by atoms with Crippen molar-refractivity contribution in [1.29, 1.82) is 0 Å². The molecule has 0 aliphatic heterocycles. The zero-order chi connectivity index (χ0) is 15.2. The zero-order valence-corrected chi connectivity index (χ0v) is 11.6. The van der Waals surface area contributed by atoms with E-state index in [9.17, 15) is 18.7 Å². The standard InChI is InChI=1S/C15H19F2NO3/c16-15(17)21-13-7-2-1-6-12(13)14(20)18-8-10-4-3-5-11(10)9-19/h1-2,6-7,10-11,15,19H,3-5,8-9H2,(H,18,20). The number of benzene rings is 1. The molecule has 0 saturated heterocycles. The quantitative estimate of drug-likeness (QED) is 0.848. The molecule has 0 radical (unpaired) electrons. The third-order valence-electron chi connectivity index (χ3n) is 3.92. The predicted octanol–water partition coefficient (Wildman–Crippen LogP) is 2.43. The van der Waals surface area contributed by atoms with E-state index in [-0.39, 0.29) is 29.8 Å². The van der Waals surface area contributed by atoms with Crippen molar-refractivity contribution in [2.45, 2.75) is 25.9 Å². The number of aliphatic hydroxyl groups is 1. The summed E-state index contributed by atoms with van der Waals surface area (Å²) in [6.45, 7) is -2.41. The van der Waals surface area contributed by atoms with Gasteiger partial charge in [0.05, 0.1) is 5.56 Å². The van der Waals surface area contributed by atoms with Crippen LogP contribution < -0.4 is 10.1 Å². The molecule has 4 nitrogen and oxygen atoms in total. The number of para-hydroxylation sites is 1. The maximum absolute atomic E-state index is 12.3. The van der Waals surface area contributed by atoms with Gasteiger partial charge in [-0.05, 0) is 36.8 Å². The Balaban J connectivity index is 1.97. The number of amides is 1. The number of hydrogen-bond acceptors (Lipinski definition) is 3. The summed E-state index contributed by atoms with van der Waals surface area (Å²) in [5.41, 5.74) is 0.0938. The lowest BCUT2D eigenvalue weighted by Crippen LogP contribution is -2.32. The van der Waals surface area contributed by atoms with E-state index in [2.05, 4.69) is 10.1 Å². The molecular formula is C15H19F2NO3. The lowest BCUT2D eigenvalue weighted by molar-refractivity contribution is -0.0501. The number of ether oxygens (including phenoxy) is 1. The van der Waals surface area contributed by atoms with Crippen molar-refractivity contribution in [3.05, 3.63) is 29.8 Å². The van der Waals surface area contributed by atoms with Gasteiger partial charge in [-0.25, -0.2) is 0 Å². The zero-order valence-electron chi connectivity index (χ0n) is 11.6. The van der Waals surface area contributed by atoms with Crippen LogP contribution >= 0.6 is 0 Å². The van der Waals surface area contributed by atoms with Gasteiger partial charge in [0.15, 0.2) is 0 Å². The van der Waals surface area contributed by atoms with E-state index >= 15 is 0 Å². The average molecular weight is 299 g/mol. The van der Waals surface area contributed by atoms with Crippen LogP contribution in [0.3, 0.4) is 0 Å². The minimum atomic E-state index is -2.97. The summed E-state index contributed by atoms with van der Waals surface area (Å²) < 4.78 is 29.0. The summed E-state index contributed by atoms with van der Waals surface area (Å²) in [5.74, 6) is -0.120. The van der Waals surface area contributed by atoms with Gasteiger partial charge in [0, 0.05) is 13.2 Å². The van der Waals surface area contributed by atoms with Crippen LogP contribution in [0.15, 0.2) is 24.3 Å². The van der Waals surface area contributed by atoms with Gasteiger partial charge in [-0.3, -0.25) is 4.79 Å². The SMILES string of the molecule is O=C(NCC1CCCC1CO)c1ccccc1OC(F)F. The Morgan fingerprint density at radius 3 is 2.76 bits per heavy atom. The molecule has 116 valence electrons. The Kier molecular flexibility index (Phi) is 5.50. The lowest BCUT2D eigenvalue weighted by Gasteiger charge is -2.18. The Bertz CT molecular complexity index is 482. The fraction of sp³-hybridized carbons (Fsp3) is 0.533. The van der Waals surface area contributed by atoms with Crippen LogP contribution in [-0.2, 0) is 0 Å². The minimum Gasteiger partial charge on any atom is -0.434 e. The molecule has 21 heavy (non-hydrogen) atoms. The second-order valence-electron chi connectivity index (χ2n) is 5.22. The van der Waals surface area contributed by atoms with Crippen LogP contribution in [0.5, 0.6) is 5.75 Å². The van der Waals surface area contributed by atoms with Crippen LogP contribution in [-0.4, -0.2) is 30.8 Å². The van der Waals surface area contributed by atoms with E-state index in [4.69, 9.17) is 0 Å². The van der Waals surface area contributed by atoms with Gasteiger partial charge in [-0.15, -0.1) is 0 Å². The van der Waals surface area contributed by atoms with Gasteiger partial charge in [0.1, 0.15) is 5.75 Å². The van der Waals surface area contributed by atoms with E-state index in [0.29, 0.717) is 6.54 Å². The van der Waals surface area contributed by atoms with Gasteiger partial charge in [-0.2, -0.15) is 8.78 Å². The maximum Gasteiger partial charge on any atom is 0.387 e. The highest BCUT2D eigenvalue weighted by atomic mass is 19.3. The first-order chi connectivity index (χ1) is 10.1. The monoisotopic (exact) mass is 299 g/mol.